The maximum absolute atomic E-state index is 5.40. The summed E-state index contributed by atoms with van der Waals surface area (Å²) in [5, 5.41) is 7.67. The third kappa shape index (κ3) is 4.04. The lowest BCUT2D eigenvalue weighted by Gasteiger charge is -2.26. The first-order valence-electron chi connectivity index (χ1n) is 13.2. The molecule has 0 bridgehead atoms. The minimum atomic E-state index is 0.829. The van der Waals surface area contributed by atoms with Gasteiger partial charge in [0.05, 0.1) is 14.2 Å². The van der Waals surface area contributed by atoms with Crippen molar-refractivity contribution in [3.05, 3.63) is 126 Å². The van der Waals surface area contributed by atoms with Crippen LogP contribution in [0.2, 0.25) is 0 Å². The van der Waals surface area contributed by atoms with Crippen molar-refractivity contribution in [3.63, 3.8) is 0 Å². The van der Waals surface area contributed by atoms with E-state index in [-0.39, 0.29) is 0 Å². The number of rotatable bonds is 6. The van der Waals surface area contributed by atoms with Crippen molar-refractivity contribution in [3.8, 4) is 22.6 Å². The van der Waals surface area contributed by atoms with Crippen molar-refractivity contribution in [2.75, 3.05) is 19.1 Å². The summed E-state index contributed by atoms with van der Waals surface area (Å²) in [6, 6.07) is 42.9. The first kappa shape index (κ1) is 24.5. The highest BCUT2D eigenvalue weighted by Gasteiger charge is 2.16. The maximum Gasteiger partial charge on any atom is 0.119 e. The predicted molar refractivity (Wildman–Crippen MR) is 171 cm³/mol. The van der Waals surface area contributed by atoms with Crippen LogP contribution in [-0.2, 0) is 0 Å². The Morgan fingerprint density at radius 2 is 0.925 bits per heavy atom. The van der Waals surface area contributed by atoms with Gasteiger partial charge in [-0.1, -0.05) is 70.5 Å². The average molecular weight is 585 g/mol. The van der Waals surface area contributed by atoms with Gasteiger partial charge in [0.15, 0.2) is 0 Å². The van der Waals surface area contributed by atoms with Crippen LogP contribution in [0, 0.1) is 0 Å². The second kappa shape index (κ2) is 9.89. The van der Waals surface area contributed by atoms with Crippen molar-refractivity contribution in [2.45, 2.75) is 0 Å². The largest absolute Gasteiger partial charge is 0.497 e. The lowest BCUT2D eigenvalue weighted by atomic mass is 9.90. The smallest absolute Gasteiger partial charge is 0.119 e. The lowest BCUT2D eigenvalue weighted by Crippen LogP contribution is -2.09. The molecule has 0 spiro atoms. The topological polar surface area (TPSA) is 21.7 Å². The van der Waals surface area contributed by atoms with Gasteiger partial charge in [-0.2, -0.15) is 0 Å². The Hall–Kier alpha value is -4.54. The van der Waals surface area contributed by atoms with Crippen LogP contribution in [0.15, 0.2) is 126 Å². The standard InChI is InChI=1S/C36H26BrNO2/c1-39-29-15-11-27(12-16-29)38(28-13-17-30(40-2)18-14-28)26-9-3-23(4-10-26)31-19-5-24-7-21-33-34(37)22-8-25-6-20-32(31)35(24)36(25)33/h3-22H,1-2H3. The normalized spacial score (nSPS) is 11.4. The third-order valence-corrected chi connectivity index (χ3v) is 8.40. The molecule has 7 rings (SSSR count). The van der Waals surface area contributed by atoms with Crippen molar-refractivity contribution in [2.24, 2.45) is 0 Å². The molecule has 4 heteroatoms. The number of halogens is 1. The van der Waals surface area contributed by atoms with Gasteiger partial charge < -0.3 is 14.4 Å². The molecule has 0 aliphatic carbocycles. The number of anilines is 3. The quantitative estimate of drug-likeness (QED) is 0.182. The van der Waals surface area contributed by atoms with Gasteiger partial charge in [0.25, 0.3) is 0 Å². The summed E-state index contributed by atoms with van der Waals surface area (Å²) in [6.07, 6.45) is 0. The molecular formula is C36H26BrNO2. The number of hydrogen-bond acceptors (Lipinski definition) is 3. The monoisotopic (exact) mass is 583 g/mol. The van der Waals surface area contributed by atoms with E-state index in [0.29, 0.717) is 0 Å². The molecule has 0 aliphatic rings. The zero-order valence-corrected chi connectivity index (χ0v) is 23.8. The summed E-state index contributed by atoms with van der Waals surface area (Å²) in [6.45, 7) is 0. The van der Waals surface area contributed by atoms with Crippen LogP contribution < -0.4 is 14.4 Å². The molecule has 0 fully saturated rings. The fraction of sp³-hybridized carbons (Fsp3) is 0.0556. The van der Waals surface area contributed by atoms with E-state index in [1.165, 1.54) is 43.4 Å². The van der Waals surface area contributed by atoms with Crippen LogP contribution in [0.4, 0.5) is 17.1 Å². The second-order valence-electron chi connectivity index (χ2n) is 9.86. The Labute approximate surface area is 241 Å². The zero-order valence-electron chi connectivity index (χ0n) is 22.2. The molecule has 7 aromatic carbocycles. The van der Waals surface area contributed by atoms with Gasteiger partial charge in [-0.05, 0) is 110 Å². The van der Waals surface area contributed by atoms with E-state index in [1.54, 1.807) is 14.2 Å². The zero-order chi connectivity index (χ0) is 27.2. The van der Waals surface area contributed by atoms with E-state index in [9.17, 15) is 0 Å². The molecule has 0 radical (unpaired) electrons. The van der Waals surface area contributed by atoms with Crippen LogP contribution in [0.3, 0.4) is 0 Å². The van der Waals surface area contributed by atoms with Crippen molar-refractivity contribution >= 4 is 65.3 Å². The summed E-state index contributed by atoms with van der Waals surface area (Å²) in [5.41, 5.74) is 5.58. The summed E-state index contributed by atoms with van der Waals surface area (Å²) in [7, 11) is 3.37. The van der Waals surface area contributed by atoms with Crippen molar-refractivity contribution in [1.29, 1.82) is 0 Å². The SMILES string of the molecule is COc1ccc(N(c2ccc(OC)cc2)c2ccc(-c3ccc4ccc5c(Br)ccc6ccc3c4c65)cc2)cc1. The van der Waals surface area contributed by atoms with E-state index >= 15 is 0 Å². The Morgan fingerprint density at radius 3 is 1.48 bits per heavy atom. The van der Waals surface area contributed by atoms with Gasteiger partial charge in [0.1, 0.15) is 11.5 Å². The molecule has 3 nitrogen and oxygen atoms in total. The number of methoxy groups -OCH3 is 2. The van der Waals surface area contributed by atoms with E-state index in [1.807, 2.05) is 24.3 Å². The van der Waals surface area contributed by atoms with Gasteiger partial charge in [0.2, 0.25) is 0 Å². The number of ether oxygens (including phenoxy) is 2. The second-order valence-corrected chi connectivity index (χ2v) is 10.7. The molecule has 40 heavy (non-hydrogen) atoms. The minimum absolute atomic E-state index is 0.829. The highest BCUT2D eigenvalue weighted by molar-refractivity contribution is 9.10. The van der Waals surface area contributed by atoms with E-state index in [0.717, 1.165) is 33.0 Å². The Balaban J connectivity index is 1.35. The Bertz CT molecular complexity index is 1920. The number of nitrogens with zero attached hydrogens (tertiary/aromatic N) is 1. The van der Waals surface area contributed by atoms with Gasteiger partial charge in [-0.3, -0.25) is 0 Å². The number of hydrogen-bond donors (Lipinski definition) is 0. The fourth-order valence-corrected chi connectivity index (χ4v) is 6.18. The molecule has 0 N–H and O–H groups in total. The minimum Gasteiger partial charge on any atom is -0.497 e. The van der Waals surface area contributed by atoms with Gasteiger partial charge in [-0.15, -0.1) is 0 Å². The molecule has 0 aliphatic heterocycles. The van der Waals surface area contributed by atoms with Crippen LogP contribution in [-0.4, -0.2) is 14.2 Å². The summed E-state index contributed by atoms with van der Waals surface area (Å²) >= 11 is 3.76. The van der Waals surface area contributed by atoms with E-state index < -0.39 is 0 Å². The van der Waals surface area contributed by atoms with Crippen LogP contribution in [0.1, 0.15) is 0 Å². The fourth-order valence-electron chi connectivity index (χ4n) is 5.72. The maximum atomic E-state index is 5.40. The summed E-state index contributed by atoms with van der Waals surface area (Å²) in [5.74, 6) is 1.66. The molecule has 0 saturated carbocycles. The summed E-state index contributed by atoms with van der Waals surface area (Å²) in [4.78, 5) is 2.24. The van der Waals surface area contributed by atoms with Crippen molar-refractivity contribution in [1.82, 2.24) is 0 Å². The Morgan fingerprint density at radius 1 is 0.475 bits per heavy atom. The number of benzene rings is 7. The Kier molecular flexibility index (Phi) is 6.06. The van der Waals surface area contributed by atoms with Gasteiger partial charge in [-0.25, -0.2) is 0 Å². The molecule has 0 unspecified atom stereocenters. The van der Waals surface area contributed by atoms with E-state index in [2.05, 4.69) is 118 Å². The third-order valence-electron chi connectivity index (χ3n) is 7.71. The molecule has 0 heterocycles. The average Bonchev–Trinajstić information content (AvgIpc) is 3.02. The molecule has 0 amide bonds. The predicted octanol–water partition coefficient (Wildman–Crippen LogP) is 10.5. The molecule has 0 saturated heterocycles. The van der Waals surface area contributed by atoms with Gasteiger partial charge in [0, 0.05) is 21.5 Å². The highest BCUT2D eigenvalue weighted by Crippen LogP contribution is 2.42. The van der Waals surface area contributed by atoms with Crippen LogP contribution in [0.5, 0.6) is 11.5 Å². The van der Waals surface area contributed by atoms with Crippen molar-refractivity contribution < 1.29 is 9.47 Å². The molecule has 0 atom stereocenters. The van der Waals surface area contributed by atoms with Gasteiger partial charge >= 0.3 is 0 Å². The van der Waals surface area contributed by atoms with E-state index in [4.69, 9.17) is 9.47 Å². The summed E-state index contributed by atoms with van der Waals surface area (Å²) < 4.78 is 11.9. The first-order chi connectivity index (χ1) is 19.6. The molecule has 0 aromatic heterocycles. The molecule has 194 valence electrons. The van der Waals surface area contributed by atoms with Crippen LogP contribution in [0.25, 0.3) is 43.4 Å². The molecular weight excluding hydrogens is 558 g/mol. The highest BCUT2D eigenvalue weighted by atomic mass is 79.9. The first-order valence-corrected chi connectivity index (χ1v) is 14.0. The van der Waals surface area contributed by atoms with Crippen LogP contribution >= 0.6 is 15.9 Å². The lowest BCUT2D eigenvalue weighted by molar-refractivity contribution is 0.415. The molecule has 7 aromatic rings.